The van der Waals surface area contributed by atoms with Crippen LogP contribution in [0.5, 0.6) is 11.5 Å². The molecule has 1 saturated heterocycles. The Hall–Kier alpha value is -1.22. The molecule has 2 rings (SSSR count). The molecule has 0 bridgehead atoms. The maximum atomic E-state index is 6.13. The van der Waals surface area contributed by atoms with Gasteiger partial charge in [0.05, 0.1) is 7.11 Å². The van der Waals surface area contributed by atoms with E-state index in [1.807, 2.05) is 24.3 Å². The zero-order valence-corrected chi connectivity index (χ0v) is 11.6. The maximum Gasteiger partial charge on any atom is 0.123 e. The van der Waals surface area contributed by atoms with E-state index in [9.17, 15) is 0 Å². The predicted octanol–water partition coefficient (Wildman–Crippen LogP) is 2.80. The van der Waals surface area contributed by atoms with Crippen molar-refractivity contribution in [1.82, 2.24) is 4.90 Å². The van der Waals surface area contributed by atoms with E-state index < -0.39 is 0 Å². The number of ether oxygens (including phenoxy) is 2. The van der Waals surface area contributed by atoms with Gasteiger partial charge in [-0.15, -0.1) is 0 Å². The molecule has 1 aliphatic rings. The minimum Gasteiger partial charge on any atom is -0.497 e. The smallest absolute Gasteiger partial charge is 0.123 e. The van der Waals surface area contributed by atoms with Crippen molar-refractivity contribution in [1.29, 1.82) is 0 Å². The molecule has 0 aliphatic carbocycles. The van der Waals surface area contributed by atoms with Crippen LogP contribution >= 0.6 is 0 Å². The zero-order valence-electron chi connectivity index (χ0n) is 11.6. The highest BCUT2D eigenvalue weighted by Gasteiger charge is 2.23. The third kappa shape index (κ3) is 3.39. The lowest BCUT2D eigenvalue weighted by atomic mass is 10.0. The van der Waals surface area contributed by atoms with Gasteiger partial charge in [-0.1, -0.05) is 13.0 Å². The highest BCUT2D eigenvalue weighted by molar-refractivity contribution is 5.33. The fraction of sp³-hybridized carbons (Fsp3) is 0.600. The average Bonchev–Trinajstić information content (AvgIpc) is 2.52. The van der Waals surface area contributed by atoms with Crippen LogP contribution in [-0.4, -0.2) is 38.3 Å². The van der Waals surface area contributed by atoms with Crippen LogP contribution in [0.4, 0.5) is 0 Å². The number of likely N-dealkylation sites (tertiary alicyclic amines) is 1. The molecule has 18 heavy (non-hydrogen) atoms. The number of benzene rings is 1. The largest absolute Gasteiger partial charge is 0.497 e. The zero-order chi connectivity index (χ0) is 13.0. The lowest BCUT2D eigenvalue weighted by Crippen LogP contribution is -2.30. The topological polar surface area (TPSA) is 21.7 Å². The number of hydrogen-bond acceptors (Lipinski definition) is 3. The summed E-state index contributed by atoms with van der Waals surface area (Å²) in [6.07, 6.45) is 2.64. The molecule has 100 valence electrons. The van der Waals surface area contributed by atoms with Gasteiger partial charge in [0, 0.05) is 18.5 Å². The Bertz CT molecular complexity index is 381. The average molecular weight is 249 g/mol. The summed E-state index contributed by atoms with van der Waals surface area (Å²) < 4.78 is 11.4. The summed E-state index contributed by atoms with van der Waals surface area (Å²) in [7, 11) is 3.87. The molecule has 3 nitrogen and oxygen atoms in total. The fourth-order valence-electron chi connectivity index (χ4n) is 2.57. The van der Waals surface area contributed by atoms with Gasteiger partial charge in [0.25, 0.3) is 0 Å². The summed E-state index contributed by atoms with van der Waals surface area (Å²) in [6.45, 7) is 4.55. The summed E-state index contributed by atoms with van der Waals surface area (Å²) in [5.74, 6) is 2.32. The summed E-state index contributed by atoms with van der Waals surface area (Å²) in [4.78, 5) is 2.39. The van der Waals surface area contributed by atoms with Crippen LogP contribution in [0.1, 0.15) is 19.8 Å². The van der Waals surface area contributed by atoms with Crippen LogP contribution in [0.15, 0.2) is 24.3 Å². The van der Waals surface area contributed by atoms with E-state index >= 15 is 0 Å². The third-order valence-electron chi connectivity index (χ3n) is 3.59. The van der Waals surface area contributed by atoms with Crippen molar-refractivity contribution >= 4 is 0 Å². The Kier molecular flexibility index (Phi) is 4.48. The van der Waals surface area contributed by atoms with Crippen LogP contribution in [0.2, 0.25) is 0 Å². The van der Waals surface area contributed by atoms with Crippen LogP contribution in [0.25, 0.3) is 0 Å². The summed E-state index contributed by atoms with van der Waals surface area (Å²) in [5.41, 5.74) is 0. The molecule has 0 saturated carbocycles. The van der Waals surface area contributed by atoms with Crippen molar-refractivity contribution in [3.63, 3.8) is 0 Å². The molecule has 0 N–H and O–H groups in total. The van der Waals surface area contributed by atoms with Crippen molar-refractivity contribution in [2.45, 2.75) is 25.9 Å². The van der Waals surface area contributed by atoms with Crippen LogP contribution < -0.4 is 9.47 Å². The van der Waals surface area contributed by atoms with Gasteiger partial charge in [-0.25, -0.2) is 0 Å². The van der Waals surface area contributed by atoms with Crippen molar-refractivity contribution in [3.05, 3.63) is 24.3 Å². The van der Waals surface area contributed by atoms with Crippen molar-refractivity contribution in [2.75, 3.05) is 27.2 Å². The third-order valence-corrected chi connectivity index (χ3v) is 3.59. The lowest BCUT2D eigenvalue weighted by Gasteiger charge is -2.24. The highest BCUT2D eigenvalue weighted by Crippen LogP contribution is 2.25. The van der Waals surface area contributed by atoms with Gasteiger partial charge in [0.2, 0.25) is 0 Å². The Morgan fingerprint density at radius 3 is 2.83 bits per heavy atom. The summed E-state index contributed by atoms with van der Waals surface area (Å²) in [5, 5.41) is 0. The van der Waals surface area contributed by atoms with Crippen molar-refractivity contribution in [2.24, 2.45) is 5.92 Å². The molecule has 1 fully saturated rings. The second-order valence-electron chi connectivity index (χ2n) is 5.22. The first-order valence-corrected chi connectivity index (χ1v) is 6.68. The maximum absolute atomic E-state index is 6.13. The molecular weight excluding hydrogens is 226 g/mol. The molecule has 0 amide bonds. The van der Waals surface area contributed by atoms with Gasteiger partial charge in [0.1, 0.15) is 17.6 Å². The number of methoxy groups -OCH3 is 1. The first kappa shape index (κ1) is 13.2. The second kappa shape index (κ2) is 6.10. The van der Waals surface area contributed by atoms with Crippen LogP contribution in [-0.2, 0) is 0 Å². The minimum absolute atomic E-state index is 0.307. The van der Waals surface area contributed by atoms with E-state index in [1.54, 1.807) is 7.11 Å². The van der Waals surface area contributed by atoms with Crippen LogP contribution in [0, 0.1) is 5.92 Å². The molecule has 0 radical (unpaired) electrons. The number of nitrogens with zero attached hydrogens (tertiary/aromatic N) is 1. The minimum atomic E-state index is 0.307. The molecule has 2 unspecified atom stereocenters. The molecule has 2 atom stereocenters. The Morgan fingerprint density at radius 2 is 2.06 bits per heavy atom. The Balaban J connectivity index is 2.02. The van der Waals surface area contributed by atoms with E-state index in [0.717, 1.165) is 24.5 Å². The van der Waals surface area contributed by atoms with E-state index in [1.165, 1.54) is 13.0 Å². The first-order valence-electron chi connectivity index (χ1n) is 6.68. The Labute approximate surface area is 110 Å². The number of hydrogen-bond donors (Lipinski definition) is 0. The van der Waals surface area contributed by atoms with E-state index in [0.29, 0.717) is 12.0 Å². The SMILES string of the molecule is COc1cccc(OC2CCCN(C)CC2C)c1. The predicted molar refractivity (Wildman–Crippen MR) is 73.3 cm³/mol. The molecule has 1 aliphatic heterocycles. The quantitative estimate of drug-likeness (QED) is 0.822. The Morgan fingerprint density at radius 1 is 1.28 bits per heavy atom. The molecule has 1 aromatic rings. The molecule has 1 aromatic carbocycles. The summed E-state index contributed by atoms with van der Waals surface area (Å²) in [6, 6.07) is 7.88. The fourth-order valence-corrected chi connectivity index (χ4v) is 2.57. The van der Waals surface area contributed by atoms with E-state index in [4.69, 9.17) is 9.47 Å². The molecule has 3 heteroatoms. The van der Waals surface area contributed by atoms with Gasteiger partial charge >= 0.3 is 0 Å². The highest BCUT2D eigenvalue weighted by atomic mass is 16.5. The van der Waals surface area contributed by atoms with Gasteiger partial charge < -0.3 is 14.4 Å². The summed E-state index contributed by atoms with van der Waals surface area (Å²) >= 11 is 0. The van der Waals surface area contributed by atoms with Crippen LogP contribution in [0.3, 0.4) is 0 Å². The van der Waals surface area contributed by atoms with Gasteiger partial charge in [-0.3, -0.25) is 0 Å². The molecule has 1 heterocycles. The van der Waals surface area contributed by atoms with E-state index in [2.05, 4.69) is 18.9 Å². The lowest BCUT2D eigenvalue weighted by molar-refractivity contribution is 0.131. The van der Waals surface area contributed by atoms with E-state index in [-0.39, 0.29) is 0 Å². The molecule has 0 spiro atoms. The second-order valence-corrected chi connectivity index (χ2v) is 5.22. The molecule has 0 aromatic heterocycles. The standard InChI is InChI=1S/C15H23NO2/c1-12-11-16(2)9-5-8-15(12)18-14-7-4-6-13(10-14)17-3/h4,6-7,10,12,15H,5,8-9,11H2,1-3H3. The first-order chi connectivity index (χ1) is 8.69. The van der Waals surface area contributed by atoms with Gasteiger partial charge in [0.15, 0.2) is 0 Å². The normalized spacial score (nSPS) is 25.5. The van der Waals surface area contributed by atoms with Crippen molar-refractivity contribution in [3.8, 4) is 11.5 Å². The monoisotopic (exact) mass is 249 g/mol. The van der Waals surface area contributed by atoms with Gasteiger partial charge in [-0.2, -0.15) is 0 Å². The number of rotatable bonds is 3. The van der Waals surface area contributed by atoms with Crippen molar-refractivity contribution < 1.29 is 9.47 Å². The molecular formula is C15H23NO2. The van der Waals surface area contributed by atoms with Gasteiger partial charge in [-0.05, 0) is 38.6 Å².